The van der Waals surface area contributed by atoms with Crippen LogP contribution in [0.5, 0.6) is 11.5 Å². The van der Waals surface area contributed by atoms with E-state index in [0.29, 0.717) is 40.3 Å². The van der Waals surface area contributed by atoms with Gasteiger partial charge in [0.15, 0.2) is 11.5 Å². The van der Waals surface area contributed by atoms with Crippen molar-refractivity contribution in [1.29, 1.82) is 0 Å². The van der Waals surface area contributed by atoms with E-state index in [2.05, 4.69) is 5.32 Å². The predicted octanol–water partition coefficient (Wildman–Crippen LogP) is 4.11. The van der Waals surface area contributed by atoms with Crippen LogP contribution in [0.2, 0.25) is 5.02 Å². The molecule has 1 N–H and O–H groups in total. The van der Waals surface area contributed by atoms with E-state index < -0.39 is 5.63 Å². The van der Waals surface area contributed by atoms with Crippen LogP contribution in [0.4, 0.5) is 5.69 Å². The van der Waals surface area contributed by atoms with Crippen molar-refractivity contribution in [1.82, 2.24) is 0 Å². The molecule has 0 spiro atoms. The molecule has 134 valence electrons. The van der Waals surface area contributed by atoms with Crippen LogP contribution in [-0.4, -0.2) is 19.6 Å². The first-order chi connectivity index (χ1) is 12.5. The van der Waals surface area contributed by atoms with Gasteiger partial charge in [-0.1, -0.05) is 11.6 Å². The molecule has 26 heavy (non-hydrogen) atoms. The molecule has 7 heteroatoms. The van der Waals surface area contributed by atoms with Crippen molar-refractivity contribution in [3.05, 3.63) is 63.5 Å². The van der Waals surface area contributed by atoms with Crippen LogP contribution < -0.4 is 20.4 Å². The summed E-state index contributed by atoms with van der Waals surface area (Å²) in [5.74, 6) is 0.420. The van der Waals surface area contributed by atoms with Crippen molar-refractivity contribution in [2.45, 2.75) is 6.92 Å². The van der Waals surface area contributed by atoms with Crippen LogP contribution in [0.3, 0.4) is 0 Å². The third-order valence-electron chi connectivity index (χ3n) is 3.66. The second kappa shape index (κ2) is 7.49. The Balaban J connectivity index is 1.89. The largest absolute Gasteiger partial charge is 0.493 e. The smallest absolute Gasteiger partial charge is 0.336 e. The van der Waals surface area contributed by atoms with Crippen LogP contribution in [0, 0.1) is 0 Å². The fraction of sp³-hybridized carbons (Fsp3) is 0.158. The van der Waals surface area contributed by atoms with E-state index in [4.69, 9.17) is 25.5 Å². The Morgan fingerprint density at radius 3 is 2.73 bits per heavy atom. The van der Waals surface area contributed by atoms with Crippen molar-refractivity contribution in [3.8, 4) is 11.5 Å². The molecule has 0 radical (unpaired) electrons. The van der Waals surface area contributed by atoms with Gasteiger partial charge in [0, 0.05) is 22.7 Å². The maximum atomic E-state index is 12.6. The number of rotatable bonds is 5. The van der Waals surface area contributed by atoms with Gasteiger partial charge in [0.1, 0.15) is 5.58 Å². The van der Waals surface area contributed by atoms with Crippen LogP contribution >= 0.6 is 11.6 Å². The highest BCUT2D eigenvalue weighted by Crippen LogP contribution is 2.36. The van der Waals surface area contributed by atoms with Crippen LogP contribution in [-0.2, 0) is 0 Å². The zero-order valence-electron chi connectivity index (χ0n) is 14.2. The molecule has 1 aromatic heterocycles. The highest BCUT2D eigenvalue weighted by Gasteiger charge is 2.16. The lowest BCUT2D eigenvalue weighted by Crippen LogP contribution is -2.12. The summed E-state index contributed by atoms with van der Waals surface area (Å²) in [6, 6.07) is 11.0. The Kier molecular flexibility index (Phi) is 5.14. The van der Waals surface area contributed by atoms with E-state index in [0.717, 1.165) is 0 Å². The number of carbonyl (C=O) groups is 1. The van der Waals surface area contributed by atoms with Gasteiger partial charge in [-0.05, 0) is 43.3 Å². The first-order valence-electron chi connectivity index (χ1n) is 7.87. The third kappa shape index (κ3) is 3.65. The molecular weight excluding hydrogens is 358 g/mol. The molecule has 1 amide bonds. The van der Waals surface area contributed by atoms with Gasteiger partial charge >= 0.3 is 5.63 Å². The van der Waals surface area contributed by atoms with Crippen molar-refractivity contribution in [3.63, 3.8) is 0 Å². The SMILES string of the molecule is CCOc1c(Cl)cc(C(=O)Nc2ccc3oc(=O)ccc3c2)cc1OC. The average Bonchev–Trinajstić information content (AvgIpc) is 2.63. The number of carbonyl (C=O) groups excluding carboxylic acids is 1. The number of nitrogens with one attached hydrogen (secondary N) is 1. The second-order valence-electron chi connectivity index (χ2n) is 5.38. The van der Waals surface area contributed by atoms with Gasteiger partial charge in [-0.3, -0.25) is 4.79 Å². The molecule has 0 aliphatic rings. The molecule has 1 heterocycles. The summed E-state index contributed by atoms with van der Waals surface area (Å²) >= 11 is 6.21. The summed E-state index contributed by atoms with van der Waals surface area (Å²) in [5, 5.41) is 3.77. The standard InChI is InChI=1S/C19H16ClNO5/c1-3-25-18-14(20)9-12(10-16(18)24-2)19(23)21-13-5-6-15-11(8-13)4-7-17(22)26-15/h4-10H,3H2,1-2H3,(H,21,23). The molecular formula is C19H16ClNO5. The van der Waals surface area contributed by atoms with E-state index >= 15 is 0 Å². The Labute approximate surface area is 154 Å². The van der Waals surface area contributed by atoms with Crippen LogP contribution in [0.25, 0.3) is 11.0 Å². The molecule has 0 fully saturated rings. The minimum atomic E-state index is -0.426. The van der Waals surface area contributed by atoms with Gasteiger partial charge in [0.2, 0.25) is 0 Å². The predicted molar refractivity (Wildman–Crippen MR) is 99.6 cm³/mol. The summed E-state index contributed by atoms with van der Waals surface area (Å²) < 4.78 is 15.8. The number of amides is 1. The first-order valence-corrected chi connectivity index (χ1v) is 8.25. The summed E-state index contributed by atoms with van der Waals surface area (Å²) in [6.07, 6.45) is 0. The molecule has 0 aliphatic carbocycles. The fourth-order valence-corrected chi connectivity index (χ4v) is 2.75. The molecule has 6 nitrogen and oxygen atoms in total. The van der Waals surface area contributed by atoms with Crippen LogP contribution in [0.15, 0.2) is 51.7 Å². The minimum Gasteiger partial charge on any atom is -0.493 e. The average molecular weight is 374 g/mol. The maximum absolute atomic E-state index is 12.6. The first kappa shape index (κ1) is 17.8. The Morgan fingerprint density at radius 2 is 2.00 bits per heavy atom. The van der Waals surface area contributed by atoms with Crippen molar-refractivity contribution in [2.75, 3.05) is 19.0 Å². The lowest BCUT2D eigenvalue weighted by atomic mass is 10.1. The molecule has 3 aromatic rings. The molecule has 0 saturated carbocycles. The number of anilines is 1. The number of hydrogen-bond donors (Lipinski definition) is 1. The van der Waals surface area contributed by atoms with E-state index in [9.17, 15) is 9.59 Å². The van der Waals surface area contributed by atoms with Crippen LogP contribution in [0.1, 0.15) is 17.3 Å². The molecule has 0 bridgehead atoms. The number of fused-ring (bicyclic) bond motifs is 1. The number of hydrogen-bond acceptors (Lipinski definition) is 5. The maximum Gasteiger partial charge on any atom is 0.336 e. The summed E-state index contributed by atoms with van der Waals surface area (Å²) in [6.45, 7) is 2.26. The van der Waals surface area contributed by atoms with Crippen molar-refractivity contribution in [2.24, 2.45) is 0 Å². The molecule has 0 atom stereocenters. The molecule has 2 aromatic carbocycles. The number of benzene rings is 2. The number of methoxy groups -OCH3 is 1. The highest BCUT2D eigenvalue weighted by atomic mass is 35.5. The van der Waals surface area contributed by atoms with E-state index in [1.807, 2.05) is 6.92 Å². The van der Waals surface area contributed by atoms with Crippen molar-refractivity contribution < 1.29 is 18.7 Å². The summed E-state index contributed by atoms with van der Waals surface area (Å²) in [7, 11) is 1.48. The zero-order valence-corrected chi connectivity index (χ0v) is 14.9. The minimum absolute atomic E-state index is 0.289. The van der Waals surface area contributed by atoms with Gasteiger partial charge < -0.3 is 19.2 Å². The van der Waals surface area contributed by atoms with Gasteiger partial charge in [-0.2, -0.15) is 0 Å². The Bertz CT molecular complexity index is 1030. The fourth-order valence-electron chi connectivity index (χ4n) is 2.49. The number of ether oxygens (including phenoxy) is 2. The second-order valence-corrected chi connectivity index (χ2v) is 5.79. The zero-order chi connectivity index (χ0) is 18.7. The van der Waals surface area contributed by atoms with Crippen molar-refractivity contribution >= 4 is 34.2 Å². The summed E-state index contributed by atoms with van der Waals surface area (Å²) in [5.41, 5.74) is 0.905. The Hall–Kier alpha value is -2.99. The van der Waals surface area contributed by atoms with Gasteiger partial charge in [-0.15, -0.1) is 0 Å². The monoisotopic (exact) mass is 373 g/mol. The molecule has 0 saturated heterocycles. The summed E-state index contributed by atoms with van der Waals surface area (Å²) in [4.78, 5) is 23.8. The van der Waals surface area contributed by atoms with E-state index in [1.165, 1.54) is 19.2 Å². The third-order valence-corrected chi connectivity index (χ3v) is 3.94. The topological polar surface area (TPSA) is 77.8 Å². The quantitative estimate of drug-likeness (QED) is 0.681. The van der Waals surface area contributed by atoms with E-state index in [-0.39, 0.29) is 10.9 Å². The normalized spacial score (nSPS) is 10.6. The van der Waals surface area contributed by atoms with Gasteiger partial charge in [0.25, 0.3) is 5.91 Å². The lowest BCUT2D eigenvalue weighted by molar-refractivity contribution is 0.102. The van der Waals surface area contributed by atoms with E-state index in [1.54, 1.807) is 30.3 Å². The van der Waals surface area contributed by atoms with Gasteiger partial charge in [0.05, 0.1) is 18.7 Å². The molecule has 3 rings (SSSR count). The lowest BCUT2D eigenvalue weighted by Gasteiger charge is -2.13. The number of halogens is 1. The van der Waals surface area contributed by atoms with Gasteiger partial charge in [-0.25, -0.2) is 4.79 Å². The Morgan fingerprint density at radius 1 is 1.19 bits per heavy atom. The highest BCUT2D eigenvalue weighted by molar-refractivity contribution is 6.32. The molecule has 0 aliphatic heterocycles. The molecule has 0 unspecified atom stereocenters.